The molecule has 128 valence electrons. The molecule has 2 aliphatic carbocycles. The lowest BCUT2D eigenvalue weighted by atomic mass is 9.97. The van der Waals surface area contributed by atoms with Crippen LogP contribution in [0.1, 0.15) is 19.0 Å². The van der Waals surface area contributed by atoms with E-state index >= 15 is 0 Å². The van der Waals surface area contributed by atoms with Crippen molar-refractivity contribution in [2.75, 3.05) is 7.11 Å². The Balaban J connectivity index is 2.03. The highest BCUT2D eigenvalue weighted by Gasteiger charge is 2.23. The molecule has 0 fully saturated rings. The molecule has 0 bridgehead atoms. The van der Waals surface area contributed by atoms with Crippen molar-refractivity contribution in [2.45, 2.75) is 26.7 Å². The van der Waals surface area contributed by atoms with Gasteiger partial charge in [-0.05, 0) is 48.3 Å². The molecule has 0 aliphatic heterocycles. The van der Waals surface area contributed by atoms with Crippen LogP contribution >= 0.6 is 0 Å². The fourth-order valence-corrected chi connectivity index (χ4v) is 3.85. The van der Waals surface area contributed by atoms with Crippen LogP contribution in [0.4, 0.5) is 0 Å². The Morgan fingerprint density at radius 1 is 1.12 bits per heavy atom. The van der Waals surface area contributed by atoms with Gasteiger partial charge in [-0.15, -0.1) is 0 Å². The average molecular weight is 335 g/mol. The first-order valence-corrected chi connectivity index (χ1v) is 8.39. The Morgan fingerprint density at radius 3 is 2.52 bits per heavy atom. The van der Waals surface area contributed by atoms with Gasteiger partial charge in [0.15, 0.2) is 0 Å². The molecule has 2 aliphatic rings. The van der Waals surface area contributed by atoms with E-state index in [0.29, 0.717) is 0 Å². The zero-order valence-corrected chi connectivity index (χ0v) is 14.4. The summed E-state index contributed by atoms with van der Waals surface area (Å²) in [6.45, 7) is 1.83. The van der Waals surface area contributed by atoms with Crippen LogP contribution in [0.3, 0.4) is 0 Å². The summed E-state index contributed by atoms with van der Waals surface area (Å²) in [6, 6.07) is 7.82. The van der Waals surface area contributed by atoms with Crippen molar-refractivity contribution >= 4 is 11.6 Å². The molecule has 0 radical (unpaired) electrons. The summed E-state index contributed by atoms with van der Waals surface area (Å²) in [5, 5.41) is 22.0. The number of methoxy groups -OCH3 is 1. The Bertz CT molecular complexity index is 1020. The molecule has 0 amide bonds. The molecular weight excluding hydrogens is 314 g/mol. The van der Waals surface area contributed by atoms with E-state index in [1.807, 2.05) is 28.8 Å². The molecule has 25 heavy (non-hydrogen) atoms. The molecule has 2 aromatic rings. The second-order valence-corrected chi connectivity index (χ2v) is 6.41. The minimum atomic E-state index is -0.151. The first-order chi connectivity index (χ1) is 12.2. The molecule has 1 aromatic heterocycles. The highest BCUT2D eigenvalue weighted by molar-refractivity contribution is 5.88. The second-order valence-electron chi connectivity index (χ2n) is 6.41. The highest BCUT2D eigenvalue weighted by atomic mass is 16.5. The minimum absolute atomic E-state index is 0.121. The first kappa shape index (κ1) is 15.9. The van der Waals surface area contributed by atoms with Crippen LogP contribution in [0, 0.1) is 0 Å². The molecular formula is C21H21NO3. The van der Waals surface area contributed by atoms with Crippen LogP contribution in [0.5, 0.6) is 5.75 Å². The Morgan fingerprint density at radius 2 is 1.88 bits per heavy atom. The molecule has 0 unspecified atom stereocenters. The van der Waals surface area contributed by atoms with Crippen LogP contribution in [-0.4, -0.2) is 21.9 Å². The number of benzene rings is 1. The molecule has 0 saturated heterocycles. The fourth-order valence-electron chi connectivity index (χ4n) is 3.85. The number of aromatic nitrogens is 1. The van der Waals surface area contributed by atoms with Crippen LogP contribution in [-0.2, 0) is 13.3 Å². The number of hydrogen-bond donors (Lipinski definition) is 2. The Hall–Kier alpha value is -2.56. The number of allylic oxidation sites excluding steroid dienone is 4. The number of fused-ring (bicyclic) bond motifs is 2. The van der Waals surface area contributed by atoms with E-state index in [1.54, 1.807) is 7.11 Å². The van der Waals surface area contributed by atoms with Gasteiger partial charge in [0.2, 0.25) is 0 Å². The maximum atomic E-state index is 9.98. The van der Waals surface area contributed by atoms with Gasteiger partial charge in [0.25, 0.3) is 0 Å². The van der Waals surface area contributed by atoms with Gasteiger partial charge in [-0.25, -0.2) is 0 Å². The van der Waals surface area contributed by atoms with Crippen molar-refractivity contribution in [2.24, 2.45) is 0 Å². The van der Waals surface area contributed by atoms with Crippen LogP contribution in [0.25, 0.3) is 22.8 Å². The Labute approximate surface area is 146 Å². The van der Waals surface area contributed by atoms with Crippen molar-refractivity contribution < 1.29 is 14.9 Å². The van der Waals surface area contributed by atoms with E-state index in [-0.39, 0.29) is 13.3 Å². The van der Waals surface area contributed by atoms with Crippen molar-refractivity contribution in [1.29, 1.82) is 0 Å². The minimum Gasteiger partial charge on any atom is -0.497 e. The summed E-state index contributed by atoms with van der Waals surface area (Å²) in [6.07, 6.45) is 7.39. The van der Waals surface area contributed by atoms with Crippen molar-refractivity contribution in [3.8, 4) is 16.9 Å². The number of ether oxygens (including phenoxy) is 1. The molecule has 4 rings (SSSR count). The third kappa shape index (κ3) is 2.37. The molecule has 4 heteroatoms. The van der Waals surface area contributed by atoms with E-state index < -0.39 is 0 Å². The standard InChI is InChI=1S/C21H21NO3/c1-13-3-8-17-15(9-13)10-18-20(14-4-6-16(25-2)7-5-14)19(11-23)22(12-24)21(17)18/h3-7,9-10,23-24H,8,11-12H2,1-2H3. The lowest BCUT2D eigenvalue weighted by molar-refractivity contribution is 0.190. The second kappa shape index (κ2) is 6.06. The largest absolute Gasteiger partial charge is 0.497 e. The fraction of sp³-hybridized carbons (Fsp3) is 0.238. The van der Waals surface area contributed by atoms with Gasteiger partial charge in [-0.2, -0.15) is 0 Å². The molecule has 4 nitrogen and oxygen atoms in total. The number of aliphatic hydroxyl groups is 2. The number of rotatable bonds is 4. The number of hydrogen-bond acceptors (Lipinski definition) is 3. The number of nitrogens with zero attached hydrogens (tertiary/aromatic N) is 1. The number of aliphatic hydroxyl groups excluding tert-OH is 2. The van der Waals surface area contributed by atoms with E-state index in [2.05, 4.69) is 25.2 Å². The van der Waals surface area contributed by atoms with Crippen molar-refractivity contribution in [1.82, 2.24) is 4.57 Å². The highest BCUT2D eigenvalue weighted by Crippen LogP contribution is 2.30. The molecule has 1 aromatic carbocycles. The maximum Gasteiger partial charge on any atom is 0.120 e. The van der Waals surface area contributed by atoms with Crippen molar-refractivity contribution in [3.05, 3.63) is 63.8 Å². The van der Waals surface area contributed by atoms with Gasteiger partial charge in [0.1, 0.15) is 12.5 Å². The first-order valence-electron chi connectivity index (χ1n) is 8.39. The topological polar surface area (TPSA) is 54.6 Å². The zero-order valence-electron chi connectivity index (χ0n) is 14.4. The van der Waals surface area contributed by atoms with E-state index in [0.717, 1.165) is 39.6 Å². The predicted octanol–water partition coefficient (Wildman–Crippen LogP) is 1.83. The van der Waals surface area contributed by atoms with Gasteiger partial charge in [0, 0.05) is 10.8 Å². The lowest BCUT2D eigenvalue weighted by Crippen LogP contribution is -2.29. The van der Waals surface area contributed by atoms with Crippen LogP contribution in [0.2, 0.25) is 0 Å². The summed E-state index contributed by atoms with van der Waals surface area (Å²) >= 11 is 0. The van der Waals surface area contributed by atoms with E-state index in [1.165, 1.54) is 16.7 Å². The molecule has 0 atom stereocenters. The molecule has 0 spiro atoms. The van der Waals surface area contributed by atoms with E-state index in [9.17, 15) is 10.2 Å². The lowest BCUT2D eigenvalue weighted by Gasteiger charge is -2.13. The van der Waals surface area contributed by atoms with Crippen LogP contribution < -0.4 is 15.3 Å². The smallest absolute Gasteiger partial charge is 0.120 e. The van der Waals surface area contributed by atoms with E-state index in [4.69, 9.17) is 4.74 Å². The zero-order chi connectivity index (χ0) is 17.6. The monoisotopic (exact) mass is 335 g/mol. The molecule has 0 saturated carbocycles. The summed E-state index contributed by atoms with van der Waals surface area (Å²) in [5.74, 6) is 0.794. The third-order valence-electron chi connectivity index (χ3n) is 5.02. The molecule has 1 heterocycles. The quantitative estimate of drug-likeness (QED) is 0.896. The van der Waals surface area contributed by atoms with Gasteiger partial charge >= 0.3 is 0 Å². The predicted molar refractivity (Wildman–Crippen MR) is 98.1 cm³/mol. The van der Waals surface area contributed by atoms with Crippen molar-refractivity contribution in [3.63, 3.8) is 0 Å². The summed E-state index contributed by atoms with van der Waals surface area (Å²) in [4.78, 5) is 0. The van der Waals surface area contributed by atoms with Gasteiger partial charge in [0.05, 0.1) is 24.8 Å². The van der Waals surface area contributed by atoms with Gasteiger partial charge in [-0.3, -0.25) is 0 Å². The normalized spacial score (nSPS) is 15.3. The molecule has 2 N–H and O–H groups in total. The average Bonchev–Trinajstić information content (AvgIpc) is 3.14. The Kier molecular flexibility index (Phi) is 3.86. The SMILES string of the molecule is COc1ccc(-c2c(CO)n(CO)c3c2=CC2=CC(C)=CCC=32)cc1. The maximum absolute atomic E-state index is 9.98. The van der Waals surface area contributed by atoms with Crippen LogP contribution in [0.15, 0.2) is 47.6 Å². The summed E-state index contributed by atoms with van der Waals surface area (Å²) in [7, 11) is 1.64. The van der Waals surface area contributed by atoms with Gasteiger partial charge < -0.3 is 19.5 Å². The van der Waals surface area contributed by atoms with Gasteiger partial charge in [-0.1, -0.05) is 29.9 Å². The summed E-state index contributed by atoms with van der Waals surface area (Å²) in [5.41, 5.74) is 6.40. The summed E-state index contributed by atoms with van der Waals surface area (Å²) < 4.78 is 7.08. The third-order valence-corrected chi connectivity index (χ3v) is 5.02.